The van der Waals surface area contributed by atoms with Gasteiger partial charge in [-0.2, -0.15) is 13.2 Å². The minimum absolute atomic E-state index is 0.123. The van der Waals surface area contributed by atoms with Crippen LogP contribution in [0.2, 0.25) is 0 Å². The van der Waals surface area contributed by atoms with Crippen LogP contribution in [0, 0.1) is 0 Å². The molecule has 1 aromatic carbocycles. The van der Waals surface area contributed by atoms with Crippen molar-refractivity contribution in [2.45, 2.75) is 37.5 Å². The molecule has 2 aromatic rings. The lowest BCUT2D eigenvalue weighted by Gasteiger charge is -2.38. The largest absolute Gasteiger partial charge is 0.490 e. The van der Waals surface area contributed by atoms with E-state index in [-0.39, 0.29) is 11.9 Å². The smallest absolute Gasteiger partial charge is 0.475 e. The van der Waals surface area contributed by atoms with E-state index in [4.69, 9.17) is 9.90 Å². The van der Waals surface area contributed by atoms with Crippen molar-refractivity contribution >= 4 is 11.9 Å². The fourth-order valence-electron chi connectivity index (χ4n) is 3.84. The predicted octanol–water partition coefficient (Wildman–Crippen LogP) is 1.40. The Morgan fingerprint density at radius 1 is 1.16 bits per heavy atom. The van der Waals surface area contributed by atoms with Gasteiger partial charge in [0.1, 0.15) is 12.4 Å². The van der Waals surface area contributed by atoms with E-state index >= 15 is 0 Å². The molecule has 1 N–H and O–H groups in total. The lowest BCUT2D eigenvalue weighted by atomic mass is 10.0. The molecule has 0 radical (unpaired) electrons. The molecule has 2 aliphatic heterocycles. The third kappa shape index (κ3) is 6.00. The molecule has 2 atom stereocenters. The number of hydrogen-bond acceptors (Lipinski definition) is 6. The number of tetrazole rings is 1. The average molecular weight is 440 g/mol. The molecule has 0 spiro atoms. The summed E-state index contributed by atoms with van der Waals surface area (Å²) in [4.78, 5) is 26.6. The molecule has 0 bridgehead atoms. The van der Waals surface area contributed by atoms with Crippen molar-refractivity contribution in [3.63, 3.8) is 0 Å². The molecule has 2 unspecified atom stereocenters. The van der Waals surface area contributed by atoms with Gasteiger partial charge in [0.05, 0.1) is 0 Å². The molecule has 1 aromatic heterocycles. The maximum Gasteiger partial charge on any atom is 0.490 e. The Bertz CT molecular complexity index is 863. The van der Waals surface area contributed by atoms with Crippen LogP contribution in [0.25, 0.3) is 0 Å². The van der Waals surface area contributed by atoms with E-state index in [1.807, 2.05) is 35.2 Å². The zero-order chi connectivity index (χ0) is 22.4. The monoisotopic (exact) mass is 440 g/mol. The fraction of sp³-hybridized carbons (Fsp3) is 0.526. The SMILES string of the molecule is O=C(C(Cc1ccccc1)n1cnnn1)N1CCN2CCCC2C1.O=C(O)C(F)(F)F. The van der Waals surface area contributed by atoms with Crippen molar-refractivity contribution in [3.05, 3.63) is 42.2 Å². The number of carboxylic acids is 1. The first-order valence-electron chi connectivity index (χ1n) is 9.85. The van der Waals surface area contributed by atoms with E-state index in [1.165, 1.54) is 25.7 Å². The zero-order valence-corrected chi connectivity index (χ0v) is 16.6. The van der Waals surface area contributed by atoms with Gasteiger partial charge >= 0.3 is 12.1 Å². The third-order valence-electron chi connectivity index (χ3n) is 5.38. The molecule has 0 saturated carbocycles. The molecule has 2 fully saturated rings. The zero-order valence-electron chi connectivity index (χ0n) is 16.6. The summed E-state index contributed by atoms with van der Waals surface area (Å²) < 4.78 is 33.3. The Labute approximate surface area is 176 Å². The van der Waals surface area contributed by atoms with Gasteiger partial charge in [0, 0.05) is 32.1 Å². The molecule has 1 amide bonds. The van der Waals surface area contributed by atoms with Crippen LogP contribution in [-0.4, -0.2) is 85.4 Å². The maximum absolute atomic E-state index is 13.2. The number of benzene rings is 1. The number of carboxylic acid groups (broad SMARTS) is 1. The molecule has 0 aliphatic carbocycles. The van der Waals surface area contributed by atoms with Crippen molar-refractivity contribution < 1.29 is 27.9 Å². The summed E-state index contributed by atoms with van der Waals surface area (Å²) in [5.74, 6) is -2.63. The van der Waals surface area contributed by atoms with E-state index in [9.17, 15) is 18.0 Å². The highest BCUT2D eigenvalue weighted by molar-refractivity contribution is 5.81. The lowest BCUT2D eigenvalue weighted by molar-refractivity contribution is -0.192. The number of aliphatic carboxylic acids is 1. The molecule has 12 heteroatoms. The molecular formula is C19H23F3N6O3. The van der Waals surface area contributed by atoms with Crippen LogP contribution in [0.4, 0.5) is 13.2 Å². The van der Waals surface area contributed by atoms with E-state index < -0.39 is 12.1 Å². The van der Waals surface area contributed by atoms with Gasteiger partial charge in [0.15, 0.2) is 0 Å². The Morgan fingerprint density at radius 3 is 2.48 bits per heavy atom. The number of halogens is 3. The van der Waals surface area contributed by atoms with Crippen LogP contribution in [0.15, 0.2) is 36.7 Å². The second-order valence-corrected chi connectivity index (χ2v) is 7.41. The van der Waals surface area contributed by atoms with Crippen molar-refractivity contribution in [1.82, 2.24) is 30.0 Å². The van der Waals surface area contributed by atoms with Crippen molar-refractivity contribution in [2.75, 3.05) is 26.2 Å². The second-order valence-electron chi connectivity index (χ2n) is 7.41. The van der Waals surface area contributed by atoms with Crippen LogP contribution in [0.1, 0.15) is 24.4 Å². The molecule has 3 heterocycles. The number of nitrogens with zero attached hydrogens (tertiary/aromatic N) is 6. The summed E-state index contributed by atoms with van der Waals surface area (Å²) in [7, 11) is 0. The number of aromatic nitrogens is 4. The first kappa shape index (κ1) is 22.7. The number of piperazine rings is 1. The van der Waals surface area contributed by atoms with Crippen LogP contribution in [-0.2, 0) is 16.0 Å². The second kappa shape index (κ2) is 9.86. The van der Waals surface area contributed by atoms with Crippen molar-refractivity contribution in [1.29, 1.82) is 0 Å². The summed E-state index contributed by atoms with van der Waals surface area (Å²) in [6.07, 6.45) is -0.502. The maximum atomic E-state index is 13.2. The number of amides is 1. The lowest BCUT2D eigenvalue weighted by Crippen LogP contribution is -2.53. The minimum atomic E-state index is -5.08. The van der Waals surface area contributed by atoms with Gasteiger partial charge in [0.2, 0.25) is 5.91 Å². The standard InChI is InChI=1S/C17H22N6O.C2HF3O2/c24-17(22-10-9-21-8-4-7-15(21)12-22)16(23-13-18-19-20-23)11-14-5-2-1-3-6-14;3-2(4,5)1(6)7/h1-3,5-6,13,15-16H,4,7-12H2;(H,6,7). The van der Waals surface area contributed by atoms with Crippen LogP contribution in [0.5, 0.6) is 0 Å². The topological polar surface area (TPSA) is 104 Å². The van der Waals surface area contributed by atoms with Gasteiger partial charge in [-0.3, -0.25) is 9.69 Å². The van der Waals surface area contributed by atoms with Gasteiger partial charge in [-0.1, -0.05) is 30.3 Å². The van der Waals surface area contributed by atoms with E-state index in [2.05, 4.69) is 20.4 Å². The number of fused-ring (bicyclic) bond motifs is 1. The molecular weight excluding hydrogens is 417 g/mol. The average Bonchev–Trinajstić information content (AvgIpc) is 3.43. The van der Waals surface area contributed by atoms with Crippen LogP contribution < -0.4 is 0 Å². The molecule has 2 aliphatic rings. The van der Waals surface area contributed by atoms with Crippen molar-refractivity contribution in [2.24, 2.45) is 0 Å². The number of hydrogen-bond donors (Lipinski definition) is 1. The van der Waals surface area contributed by atoms with Crippen molar-refractivity contribution in [3.8, 4) is 0 Å². The van der Waals surface area contributed by atoms with Gasteiger partial charge in [-0.25, -0.2) is 9.48 Å². The minimum Gasteiger partial charge on any atom is -0.475 e. The summed E-state index contributed by atoms with van der Waals surface area (Å²) >= 11 is 0. The highest BCUT2D eigenvalue weighted by Gasteiger charge is 2.38. The van der Waals surface area contributed by atoms with E-state index in [0.29, 0.717) is 12.5 Å². The highest BCUT2D eigenvalue weighted by Crippen LogP contribution is 2.24. The molecule has 31 heavy (non-hydrogen) atoms. The normalized spacial score (nSPS) is 19.8. The first-order chi connectivity index (χ1) is 14.8. The van der Waals surface area contributed by atoms with Gasteiger partial charge in [0.25, 0.3) is 0 Å². The van der Waals surface area contributed by atoms with Gasteiger partial charge < -0.3 is 10.0 Å². The molecule has 2 saturated heterocycles. The Hall–Kier alpha value is -3.02. The molecule has 4 rings (SSSR count). The third-order valence-corrected chi connectivity index (χ3v) is 5.38. The van der Waals surface area contributed by atoms with Crippen LogP contribution in [0.3, 0.4) is 0 Å². The summed E-state index contributed by atoms with van der Waals surface area (Å²) in [5, 5.41) is 18.6. The summed E-state index contributed by atoms with van der Waals surface area (Å²) in [5.41, 5.74) is 1.12. The molecule has 9 nitrogen and oxygen atoms in total. The Morgan fingerprint density at radius 2 is 1.87 bits per heavy atom. The number of alkyl halides is 3. The Kier molecular flexibility index (Phi) is 7.21. The van der Waals surface area contributed by atoms with Crippen LogP contribution >= 0.6 is 0 Å². The fourth-order valence-corrected chi connectivity index (χ4v) is 3.84. The Balaban J connectivity index is 0.000000339. The quantitative estimate of drug-likeness (QED) is 0.766. The first-order valence-corrected chi connectivity index (χ1v) is 9.85. The number of carbonyl (C=O) groups excluding carboxylic acids is 1. The number of rotatable bonds is 4. The van der Waals surface area contributed by atoms with Gasteiger partial charge in [-0.05, 0) is 35.4 Å². The predicted molar refractivity (Wildman–Crippen MR) is 102 cm³/mol. The summed E-state index contributed by atoms with van der Waals surface area (Å²) in [6, 6.07) is 10.2. The van der Waals surface area contributed by atoms with E-state index in [0.717, 1.165) is 25.2 Å². The van der Waals surface area contributed by atoms with Gasteiger partial charge in [-0.15, -0.1) is 5.10 Å². The number of carbonyl (C=O) groups is 2. The summed E-state index contributed by atoms with van der Waals surface area (Å²) in [6.45, 7) is 3.77. The van der Waals surface area contributed by atoms with E-state index in [1.54, 1.807) is 4.68 Å². The highest BCUT2D eigenvalue weighted by atomic mass is 19.4. The molecule has 168 valence electrons.